The lowest BCUT2D eigenvalue weighted by molar-refractivity contribution is -0.121. The number of carbonyl (C=O) groups excluding carboxylic acids is 2. The maximum absolute atomic E-state index is 13.3. The van der Waals surface area contributed by atoms with Crippen LogP contribution in [0.15, 0.2) is 48.8 Å². The fourth-order valence-electron chi connectivity index (χ4n) is 4.04. The van der Waals surface area contributed by atoms with Crippen molar-refractivity contribution in [3.8, 4) is 5.82 Å². The number of nitrogens with zero attached hydrogens (tertiary/aromatic N) is 4. The molecule has 1 saturated heterocycles. The van der Waals surface area contributed by atoms with Gasteiger partial charge in [-0.3, -0.25) is 9.59 Å². The molecule has 7 nitrogen and oxygen atoms in total. The van der Waals surface area contributed by atoms with Gasteiger partial charge >= 0.3 is 0 Å². The maximum atomic E-state index is 13.3. The number of anilines is 1. The highest BCUT2D eigenvalue weighted by molar-refractivity contribution is 6.30. The molecule has 2 amide bonds. The summed E-state index contributed by atoms with van der Waals surface area (Å²) in [5, 5.41) is 3.34. The molecule has 0 spiro atoms. The SMILES string of the molecule is Cc1cc(C(=O)N2CCCC(C(=O)Nc3ccc(Cl)cn3)C2)c(C)n1-c1ccccn1. The van der Waals surface area contributed by atoms with Crippen molar-refractivity contribution in [2.24, 2.45) is 5.92 Å². The summed E-state index contributed by atoms with van der Waals surface area (Å²) in [6.45, 7) is 4.90. The van der Waals surface area contributed by atoms with Gasteiger partial charge in [-0.1, -0.05) is 17.7 Å². The molecule has 0 bridgehead atoms. The van der Waals surface area contributed by atoms with Gasteiger partial charge in [-0.2, -0.15) is 0 Å². The van der Waals surface area contributed by atoms with Crippen molar-refractivity contribution in [3.05, 3.63) is 70.8 Å². The van der Waals surface area contributed by atoms with E-state index in [1.54, 1.807) is 23.2 Å². The predicted octanol–water partition coefficient (Wildman–Crippen LogP) is 4.03. The summed E-state index contributed by atoms with van der Waals surface area (Å²) in [5.74, 6) is 0.762. The topological polar surface area (TPSA) is 80.1 Å². The van der Waals surface area contributed by atoms with Crippen molar-refractivity contribution in [3.63, 3.8) is 0 Å². The molecule has 0 aliphatic carbocycles. The molecule has 1 fully saturated rings. The van der Waals surface area contributed by atoms with Gasteiger partial charge in [0.15, 0.2) is 0 Å². The Bertz CT molecular complexity index is 1100. The van der Waals surface area contributed by atoms with E-state index in [2.05, 4.69) is 15.3 Å². The van der Waals surface area contributed by atoms with Crippen LogP contribution in [0.4, 0.5) is 5.82 Å². The Labute approximate surface area is 186 Å². The first kappa shape index (κ1) is 21.1. The first-order valence-electron chi connectivity index (χ1n) is 10.3. The highest BCUT2D eigenvalue weighted by Crippen LogP contribution is 2.24. The highest BCUT2D eigenvalue weighted by atomic mass is 35.5. The minimum absolute atomic E-state index is 0.0580. The van der Waals surface area contributed by atoms with Crippen LogP contribution in [0.3, 0.4) is 0 Å². The number of pyridine rings is 2. The molecule has 1 aliphatic rings. The number of halogens is 1. The zero-order valence-corrected chi connectivity index (χ0v) is 18.3. The van der Waals surface area contributed by atoms with Gasteiger partial charge in [-0.15, -0.1) is 0 Å². The fourth-order valence-corrected chi connectivity index (χ4v) is 4.15. The summed E-state index contributed by atoms with van der Waals surface area (Å²) < 4.78 is 1.98. The standard InChI is InChI=1S/C23H24ClN5O2/c1-15-12-19(16(2)29(15)21-7-3-4-10-25-21)23(31)28-11-5-6-17(14-28)22(30)27-20-9-8-18(24)13-26-20/h3-4,7-10,12-13,17H,5-6,11,14H2,1-2H3,(H,26,27,30). The van der Waals surface area contributed by atoms with Gasteiger partial charge in [0.2, 0.25) is 5.91 Å². The van der Waals surface area contributed by atoms with Gasteiger partial charge in [0.1, 0.15) is 11.6 Å². The van der Waals surface area contributed by atoms with Crippen LogP contribution in [0.25, 0.3) is 5.82 Å². The van der Waals surface area contributed by atoms with Crippen molar-refractivity contribution >= 4 is 29.2 Å². The van der Waals surface area contributed by atoms with Gasteiger partial charge in [0.05, 0.1) is 16.5 Å². The highest BCUT2D eigenvalue weighted by Gasteiger charge is 2.30. The number of likely N-dealkylation sites (tertiary alicyclic amines) is 1. The zero-order chi connectivity index (χ0) is 22.0. The lowest BCUT2D eigenvalue weighted by Gasteiger charge is -2.32. The van der Waals surface area contributed by atoms with E-state index in [1.807, 2.05) is 42.7 Å². The summed E-state index contributed by atoms with van der Waals surface area (Å²) in [6.07, 6.45) is 4.73. The van der Waals surface area contributed by atoms with Crippen molar-refractivity contribution < 1.29 is 9.59 Å². The number of rotatable bonds is 4. The predicted molar refractivity (Wildman–Crippen MR) is 120 cm³/mol. The van der Waals surface area contributed by atoms with Crippen molar-refractivity contribution in [1.82, 2.24) is 19.4 Å². The van der Waals surface area contributed by atoms with Crippen LogP contribution in [0.5, 0.6) is 0 Å². The molecule has 0 radical (unpaired) electrons. The fraction of sp³-hybridized carbons (Fsp3) is 0.304. The average molecular weight is 438 g/mol. The van der Waals surface area contributed by atoms with Gasteiger partial charge in [0, 0.05) is 36.9 Å². The van der Waals surface area contributed by atoms with Crippen LogP contribution in [-0.2, 0) is 4.79 Å². The quantitative estimate of drug-likeness (QED) is 0.668. The molecule has 3 aromatic rings. The number of hydrogen-bond donors (Lipinski definition) is 1. The second-order valence-corrected chi connectivity index (χ2v) is 8.19. The first-order chi connectivity index (χ1) is 14.9. The summed E-state index contributed by atoms with van der Waals surface area (Å²) in [6, 6.07) is 10.9. The Morgan fingerprint density at radius 2 is 2.00 bits per heavy atom. The average Bonchev–Trinajstić information content (AvgIpc) is 3.09. The molecule has 31 heavy (non-hydrogen) atoms. The van der Waals surface area contributed by atoms with E-state index < -0.39 is 0 Å². The van der Waals surface area contributed by atoms with Gasteiger partial charge in [-0.25, -0.2) is 9.97 Å². The molecule has 1 atom stereocenters. The van der Waals surface area contributed by atoms with E-state index in [0.29, 0.717) is 29.5 Å². The number of piperidine rings is 1. The molecule has 4 rings (SSSR count). The third-order valence-electron chi connectivity index (χ3n) is 5.60. The normalized spacial score (nSPS) is 16.2. The number of amides is 2. The third kappa shape index (κ3) is 4.46. The Balaban J connectivity index is 1.49. The number of aromatic nitrogens is 3. The van der Waals surface area contributed by atoms with Crippen molar-refractivity contribution in [2.75, 3.05) is 18.4 Å². The number of aryl methyl sites for hydroxylation is 1. The summed E-state index contributed by atoms with van der Waals surface area (Å²) in [5.41, 5.74) is 2.43. The second kappa shape index (κ2) is 8.89. The second-order valence-electron chi connectivity index (χ2n) is 7.75. The van der Waals surface area contributed by atoms with E-state index in [9.17, 15) is 9.59 Å². The maximum Gasteiger partial charge on any atom is 0.255 e. The Kier molecular flexibility index (Phi) is 6.04. The van der Waals surface area contributed by atoms with Gasteiger partial charge < -0.3 is 14.8 Å². The molecule has 1 N–H and O–H groups in total. The molecule has 1 unspecified atom stereocenters. The third-order valence-corrected chi connectivity index (χ3v) is 5.82. The van der Waals surface area contributed by atoms with Crippen LogP contribution in [0, 0.1) is 19.8 Å². The Hall–Kier alpha value is -3.19. The minimum Gasteiger partial charge on any atom is -0.338 e. The molecule has 1 aliphatic heterocycles. The van der Waals surface area contributed by atoms with E-state index >= 15 is 0 Å². The molecule has 160 valence electrons. The van der Waals surface area contributed by atoms with Crippen LogP contribution in [-0.4, -0.2) is 44.3 Å². The lowest BCUT2D eigenvalue weighted by atomic mass is 9.96. The van der Waals surface area contributed by atoms with Crippen LogP contribution >= 0.6 is 11.6 Å². The summed E-state index contributed by atoms with van der Waals surface area (Å²) >= 11 is 5.85. The molecular weight excluding hydrogens is 414 g/mol. The molecule has 4 heterocycles. The van der Waals surface area contributed by atoms with Crippen LogP contribution < -0.4 is 5.32 Å². The lowest BCUT2D eigenvalue weighted by Crippen LogP contribution is -2.44. The Morgan fingerprint density at radius 1 is 1.16 bits per heavy atom. The largest absolute Gasteiger partial charge is 0.338 e. The molecule has 3 aromatic heterocycles. The van der Waals surface area contributed by atoms with Crippen LogP contribution in [0.2, 0.25) is 5.02 Å². The van der Waals surface area contributed by atoms with Crippen molar-refractivity contribution in [1.29, 1.82) is 0 Å². The molecule has 0 aromatic carbocycles. The van der Waals surface area contributed by atoms with E-state index in [1.165, 1.54) is 6.20 Å². The molecule has 0 saturated carbocycles. The summed E-state index contributed by atoms with van der Waals surface area (Å²) in [7, 11) is 0. The molecule has 8 heteroatoms. The molecular formula is C23H24ClN5O2. The number of nitrogens with one attached hydrogen (secondary N) is 1. The van der Waals surface area contributed by atoms with Crippen molar-refractivity contribution in [2.45, 2.75) is 26.7 Å². The Morgan fingerprint density at radius 3 is 2.71 bits per heavy atom. The first-order valence-corrected chi connectivity index (χ1v) is 10.6. The van der Waals surface area contributed by atoms with E-state index in [4.69, 9.17) is 11.6 Å². The number of hydrogen-bond acceptors (Lipinski definition) is 4. The van der Waals surface area contributed by atoms with E-state index in [0.717, 1.165) is 30.0 Å². The zero-order valence-electron chi connectivity index (χ0n) is 17.5. The monoisotopic (exact) mass is 437 g/mol. The number of carbonyl (C=O) groups is 2. The minimum atomic E-state index is -0.283. The van der Waals surface area contributed by atoms with Gasteiger partial charge in [0.25, 0.3) is 5.91 Å². The van der Waals surface area contributed by atoms with Gasteiger partial charge in [-0.05, 0) is 57.0 Å². The smallest absolute Gasteiger partial charge is 0.255 e. The van der Waals surface area contributed by atoms with Crippen LogP contribution in [0.1, 0.15) is 34.6 Å². The summed E-state index contributed by atoms with van der Waals surface area (Å²) in [4.78, 5) is 36.3. The van der Waals surface area contributed by atoms with E-state index in [-0.39, 0.29) is 17.7 Å².